The molecule has 0 aliphatic carbocycles. The molecule has 2 aliphatic rings. The second-order valence-electron chi connectivity index (χ2n) is 8.21. The Balaban J connectivity index is 0.00000289. The quantitative estimate of drug-likeness (QED) is 0.301. The van der Waals surface area contributed by atoms with Crippen molar-refractivity contribution in [1.82, 2.24) is 15.5 Å². The molecule has 0 atom stereocenters. The molecule has 2 aromatic rings. The molecule has 8 heteroatoms. The number of morpholine rings is 1. The van der Waals surface area contributed by atoms with Crippen LogP contribution in [0.4, 0.5) is 5.00 Å². The Bertz CT molecular complexity index is 818. The van der Waals surface area contributed by atoms with Crippen molar-refractivity contribution in [1.29, 1.82) is 0 Å². The predicted molar refractivity (Wildman–Crippen MR) is 145 cm³/mol. The minimum Gasteiger partial charge on any atom is -0.379 e. The Labute approximate surface area is 213 Å². The molecule has 1 aromatic heterocycles. The van der Waals surface area contributed by atoms with Gasteiger partial charge in [0.2, 0.25) is 0 Å². The zero-order valence-corrected chi connectivity index (χ0v) is 22.1. The number of benzene rings is 1. The molecule has 0 bridgehead atoms. The fraction of sp³-hybridized carbons (Fsp3) is 0.542. The van der Waals surface area contributed by atoms with E-state index in [9.17, 15) is 0 Å². The van der Waals surface area contributed by atoms with Crippen molar-refractivity contribution in [3.05, 3.63) is 52.9 Å². The highest BCUT2D eigenvalue weighted by atomic mass is 127. The van der Waals surface area contributed by atoms with E-state index in [2.05, 4.69) is 69.1 Å². The van der Waals surface area contributed by atoms with E-state index in [0.29, 0.717) is 12.6 Å². The van der Waals surface area contributed by atoms with E-state index in [-0.39, 0.29) is 24.0 Å². The Morgan fingerprint density at radius 3 is 2.50 bits per heavy atom. The zero-order valence-electron chi connectivity index (χ0n) is 19.0. The van der Waals surface area contributed by atoms with Gasteiger partial charge in [-0.25, -0.2) is 4.99 Å². The normalized spacial score (nSPS) is 18.3. The highest BCUT2D eigenvalue weighted by molar-refractivity contribution is 14.0. The van der Waals surface area contributed by atoms with E-state index in [1.165, 1.54) is 16.1 Å². The third-order valence-corrected chi connectivity index (χ3v) is 6.95. The molecule has 0 radical (unpaired) electrons. The number of piperidine rings is 1. The fourth-order valence-electron chi connectivity index (χ4n) is 4.24. The number of hydrogen-bond donors (Lipinski definition) is 2. The molecule has 32 heavy (non-hydrogen) atoms. The number of nitrogens with one attached hydrogen (secondary N) is 2. The molecule has 2 aliphatic heterocycles. The van der Waals surface area contributed by atoms with E-state index >= 15 is 0 Å². The number of halogens is 1. The molecule has 0 saturated carbocycles. The Morgan fingerprint density at radius 2 is 1.81 bits per heavy atom. The minimum absolute atomic E-state index is 0. The third kappa shape index (κ3) is 7.33. The summed E-state index contributed by atoms with van der Waals surface area (Å²) < 4.78 is 5.49. The van der Waals surface area contributed by atoms with Crippen LogP contribution in [0.5, 0.6) is 0 Å². The van der Waals surface area contributed by atoms with Crippen LogP contribution in [0.2, 0.25) is 0 Å². The van der Waals surface area contributed by atoms with Crippen LogP contribution in [0.1, 0.15) is 30.9 Å². The average molecular weight is 570 g/mol. The molecule has 2 fully saturated rings. The molecular weight excluding hydrogens is 533 g/mol. The van der Waals surface area contributed by atoms with Gasteiger partial charge >= 0.3 is 0 Å². The van der Waals surface area contributed by atoms with E-state index in [4.69, 9.17) is 9.73 Å². The molecule has 3 heterocycles. The summed E-state index contributed by atoms with van der Waals surface area (Å²) >= 11 is 1.83. The molecule has 4 rings (SSSR count). The van der Waals surface area contributed by atoms with Crippen LogP contribution in [0.25, 0.3) is 0 Å². The maximum atomic E-state index is 5.49. The first-order chi connectivity index (χ1) is 15.3. The predicted octanol–water partition coefficient (Wildman–Crippen LogP) is 3.92. The first kappa shape index (κ1) is 25.3. The Morgan fingerprint density at radius 1 is 1.06 bits per heavy atom. The summed E-state index contributed by atoms with van der Waals surface area (Å²) in [4.78, 5) is 9.90. The SMILES string of the molecule is CCNC(=NCc1ccccc1CN1CCOCC1)NC1CCN(c2cccs2)CC1.I. The van der Waals surface area contributed by atoms with E-state index in [0.717, 1.165) is 71.3 Å². The molecule has 1 aromatic carbocycles. The average Bonchev–Trinajstić information content (AvgIpc) is 3.35. The van der Waals surface area contributed by atoms with Crippen molar-refractivity contribution in [2.75, 3.05) is 50.8 Å². The van der Waals surface area contributed by atoms with Gasteiger partial charge in [-0.3, -0.25) is 4.90 Å². The number of hydrogen-bond acceptors (Lipinski definition) is 5. The van der Waals surface area contributed by atoms with Gasteiger partial charge in [-0.15, -0.1) is 35.3 Å². The van der Waals surface area contributed by atoms with Gasteiger partial charge in [0.1, 0.15) is 0 Å². The van der Waals surface area contributed by atoms with Crippen LogP contribution in [-0.4, -0.2) is 62.8 Å². The van der Waals surface area contributed by atoms with Crippen molar-refractivity contribution >= 4 is 46.3 Å². The number of guanidine groups is 1. The van der Waals surface area contributed by atoms with Crippen LogP contribution in [0.15, 0.2) is 46.8 Å². The third-order valence-electron chi connectivity index (χ3n) is 6.02. The number of ether oxygens (including phenoxy) is 1. The lowest BCUT2D eigenvalue weighted by Crippen LogP contribution is -2.48. The van der Waals surface area contributed by atoms with Gasteiger partial charge in [0.25, 0.3) is 0 Å². The first-order valence-electron chi connectivity index (χ1n) is 11.5. The fourth-order valence-corrected chi connectivity index (χ4v) is 5.02. The molecular formula is C24H36IN5OS. The van der Waals surface area contributed by atoms with Crippen molar-refractivity contribution in [2.45, 2.75) is 38.9 Å². The first-order valence-corrected chi connectivity index (χ1v) is 12.4. The molecule has 176 valence electrons. The summed E-state index contributed by atoms with van der Waals surface area (Å²) in [6.07, 6.45) is 2.27. The van der Waals surface area contributed by atoms with Crippen molar-refractivity contribution in [3.8, 4) is 0 Å². The van der Waals surface area contributed by atoms with Crippen molar-refractivity contribution in [2.24, 2.45) is 4.99 Å². The second-order valence-corrected chi connectivity index (χ2v) is 9.14. The molecule has 0 spiro atoms. The highest BCUT2D eigenvalue weighted by Crippen LogP contribution is 2.24. The Hall–Kier alpha value is -1.36. The van der Waals surface area contributed by atoms with Gasteiger partial charge in [-0.1, -0.05) is 24.3 Å². The number of thiophene rings is 1. The standard InChI is InChI=1S/C24H35N5OS.HI/c1-2-25-24(27-22-9-11-29(12-10-22)23-8-5-17-31-23)26-18-20-6-3-4-7-21(20)19-28-13-15-30-16-14-28;/h3-8,17,22H,2,9-16,18-19H2,1H3,(H2,25,26,27);1H. The largest absolute Gasteiger partial charge is 0.379 e. The molecule has 2 saturated heterocycles. The summed E-state index contributed by atoms with van der Waals surface area (Å²) in [5, 5.41) is 10.7. The van der Waals surface area contributed by atoms with E-state index in [1.54, 1.807) is 0 Å². The lowest BCUT2D eigenvalue weighted by Gasteiger charge is -2.33. The number of nitrogens with zero attached hydrogens (tertiary/aromatic N) is 3. The lowest BCUT2D eigenvalue weighted by molar-refractivity contribution is 0.0341. The summed E-state index contributed by atoms with van der Waals surface area (Å²) in [6.45, 7) is 10.5. The smallest absolute Gasteiger partial charge is 0.191 e. The topological polar surface area (TPSA) is 52.1 Å². The van der Waals surface area contributed by atoms with Crippen LogP contribution in [0.3, 0.4) is 0 Å². The number of anilines is 1. The van der Waals surface area contributed by atoms with Crippen LogP contribution >= 0.6 is 35.3 Å². The minimum atomic E-state index is 0. The van der Waals surface area contributed by atoms with E-state index in [1.807, 2.05) is 11.3 Å². The van der Waals surface area contributed by atoms with Crippen molar-refractivity contribution < 1.29 is 4.74 Å². The molecule has 6 nitrogen and oxygen atoms in total. The monoisotopic (exact) mass is 569 g/mol. The van der Waals surface area contributed by atoms with Crippen molar-refractivity contribution in [3.63, 3.8) is 0 Å². The van der Waals surface area contributed by atoms with Gasteiger partial charge in [0.15, 0.2) is 5.96 Å². The molecule has 2 N–H and O–H groups in total. The maximum Gasteiger partial charge on any atom is 0.191 e. The Kier molecular flexibility index (Phi) is 10.6. The van der Waals surface area contributed by atoms with Gasteiger partial charge in [0.05, 0.1) is 24.8 Å². The van der Waals surface area contributed by atoms with Crippen LogP contribution in [-0.2, 0) is 17.8 Å². The lowest BCUT2D eigenvalue weighted by atomic mass is 10.1. The second kappa shape index (κ2) is 13.4. The highest BCUT2D eigenvalue weighted by Gasteiger charge is 2.20. The zero-order chi connectivity index (χ0) is 21.3. The summed E-state index contributed by atoms with van der Waals surface area (Å²) in [5.74, 6) is 0.929. The van der Waals surface area contributed by atoms with Gasteiger partial charge in [-0.05, 0) is 48.4 Å². The summed E-state index contributed by atoms with van der Waals surface area (Å²) in [7, 11) is 0. The maximum absolute atomic E-state index is 5.49. The van der Waals surface area contributed by atoms with Crippen LogP contribution in [0, 0.1) is 0 Å². The van der Waals surface area contributed by atoms with Gasteiger partial charge < -0.3 is 20.3 Å². The summed E-state index contributed by atoms with van der Waals surface area (Å²) in [5.41, 5.74) is 2.67. The molecule has 0 unspecified atom stereocenters. The number of rotatable bonds is 7. The van der Waals surface area contributed by atoms with E-state index < -0.39 is 0 Å². The van der Waals surface area contributed by atoms with Gasteiger partial charge in [-0.2, -0.15) is 0 Å². The van der Waals surface area contributed by atoms with Crippen LogP contribution < -0.4 is 15.5 Å². The summed E-state index contributed by atoms with van der Waals surface area (Å²) in [6, 6.07) is 13.5. The number of aliphatic imine (C=N–C) groups is 1. The molecule has 0 amide bonds. The van der Waals surface area contributed by atoms with Gasteiger partial charge in [0, 0.05) is 45.3 Å².